The topological polar surface area (TPSA) is 33.1 Å². The summed E-state index contributed by atoms with van der Waals surface area (Å²) in [6.07, 6.45) is 2.90. The SMILES string of the molecule is Cc1ccc(Br)c(C(O)c2cccc3ccncc23)c1. The van der Waals surface area contributed by atoms with Gasteiger partial charge in [0.15, 0.2) is 0 Å². The van der Waals surface area contributed by atoms with Crippen LogP contribution in [0.15, 0.2) is 59.3 Å². The quantitative estimate of drug-likeness (QED) is 0.757. The number of aryl methyl sites for hydroxylation is 1. The van der Waals surface area contributed by atoms with Gasteiger partial charge in [-0.3, -0.25) is 4.98 Å². The predicted octanol–water partition coefficient (Wildman–Crippen LogP) is 4.39. The summed E-state index contributed by atoms with van der Waals surface area (Å²) >= 11 is 3.52. The number of hydrogen-bond acceptors (Lipinski definition) is 2. The molecule has 100 valence electrons. The van der Waals surface area contributed by atoms with Gasteiger partial charge in [0.25, 0.3) is 0 Å². The zero-order chi connectivity index (χ0) is 14.1. The van der Waals surface area contributed by atoms with Crippen molar-refractivity contribution in [3.63, 3.8) is 0 Å². The van der Waals surface area contributed by atoms with Gasteiger partial charge < -0.3 is 5.11 Å². The van der Waals surface area contributed by atoms with Crippen molar-refractivity contribution in [3.8, 4) is 0 Å². The summed E-state index contributed by atoms with van der Waals surface area (Å²) in [6.45, 7) is 2.02. The van der Waals surface area contributed by atoms with Crippen LogP contribution in [0.2, 0.25) is 0 Å². The molecular formula is C17H14BrNO. The van der Waals surface area contributed by atoms with Crippen LogP contribution in [0, 0.1) is 6.92 Å². The predicted molar refractivity (Wildman–Crippen MR) is 84.7 cm³/mol. The van der Waals surface area contributed by atoms with Gasteiger partial charge in [-0.1, -0.05) is 51.8 Å². The van der Waals surface area contributed by atoms with Crippen LogP contribution in [0.3, 0.4) is 0 Å². The van der Waals surface area contributed by atoms with Crippen LogP contribution in [0.1, 0.15) is 22.8 Å². The van der Waals surface area contributed by atoms with E-state index in [0.29, 0.717) is 0 Å². The molecule has 2 nitrogen and oxygen atoms in total. The number of benzene rings is 2. The third kappa shape index (κ3) is 2.35. The largest absolute Gasteiger partial charge is 0.384 e. The number of aliphatic hydroxyl groups excluding tert-OH is 1. The maximum absolute atomic E-state index is 10.7. The maximum atomic E-state index is 10.7. The molecule has 0 radical (unpaired) electrons. The van der Waals surface area contributed by atoms with E-state index < -0.39 is 6.10 Å². The van der Waals surface area contributed by atoms with Crippen molar-refractivity contribution in [2.45, 2.75) is 13.0 Å². The van der Waals surface area contributed by atoms with Crippen molar-refractivity contribution >= 4 is 26.7 Å². The Labute approximate surface area is 126 Å². The minimum absolute atomic E-state index is 0.669. The van der Waals surface area contributed by atoms with Gasteiger partial charge in [0.1, 0.15) is 6.10 Å². The van der Waals surface area contributed by atoms with Crippen LogP contribution >= 0.6 is 15.9 Å². The molecule has 0 aliphatic carbocycles. The van der Waals surface area contributed by atoms with Crippen molar-refractivity contribution in [1.82, 2.24) is 4.98 Å². The normalized spacial score (nSPS) is 12.6. The van der Waals surface area contributed by atoms with E-state index in [1.54, 1.807) is 12.4 Å². The van der Waals surface area contributed by atoms with Crippen molar-refractivity contribution < 1.29 is 5.11 Å². The molecule has 0 saturated heterocycles. The Balaban J connectivity index is 2.17. The highest BCUT2D eigenvalue weighted by Crippen LogP contribution is 2.32. The van der Waals surface area contributed by atoms with E-state index in [1.807, 2.05) is 49.4 Å². The molecule has 0 saturated carbocycles. The Kier molecular flexibility index (Phi) is 3.55. The number of aromatic nitrogens is 1. The number of fused-ring (bicyclic) bond motifs is 1. The molecule has 0 amide bonds. The zero-order valence-electron chi connectivity index (χ0n) is 11.0. The van der Waals surface area contributed by atoms with Gasteiger partial charge in [0.05, 0.1) is 0 Å². The summed E-state index contributed by atoms with van der Waals surface area (Å²) in [5.41, 5.74) is 2.88. The van der Waals surface area contributed by atoms with Crippen molar-refractivity contribution in [2.75, 3.05) is 0 Å². The fourth-order valence-electron chi connectivity index (χ4n) is 2.42. The lowest BCUT2D eigenvalue weighted by atomic mass is 9.96. The molecule has 1 atom stereocenters. The first kappa shape index (κ1) is 13.3. The summed E-state index contributed by atoms with van der Waals surface area (Å²) in [7, 11) is 0. The highest BCUT2D eigenvalue weighted by atomic mass is 79.9. The third-order valence-corrected chi connectivity index (χ3v) is 4.18. The number of rotatable bonds is 2. The first-order valence-electron chi connectivity index (χ1n) is 6.43. The molecule has 3 heteroatoms. The molecule has 1 unspecified atom stereocenters. The number of nitrogens with zero attached hydrogens (tertiary/aromatic N) is 1. The van der Waals surface area contributed by atoms with Gasteiger partial charge in [0.2, 0.25) is 0 Å². The zero-order valence-corrected chi connectivity index (χ0v) is 12.6. The van der Waals surface area contributed by atoms with Gasteiger partial charge in [0, 0.05) is 22.3 Å². The fraction of sp³-hybridized carbons (Fsp3) is 0.118. The second-order valence-electron chi connectivity index (χ2n) is 4.87. The van der Waals surface area contributed by atoms with Gasteiger partial charge in [-0.2, -0.15) is 0 Å². The lowest BCUT2D eigenvalue weighted by Crippen LogP contribution is -2.02. The van der Waals surface area contributed by atoms with E-state index in [-0.39, 0.29) is 0 Å². The smallest absolute Gasteiger partial charge is 0.106 e. The maximum Gasteiger partial charge on any atom is 0.106 e. The van der Waals surface area contributed by atoms with Crippen molar-refractivity contribution in [3.05, 3.63) is 76.0 Å². The second kappa shape index (κ2) is 5.35. The van der Waals surface area contributed by atoms with Gasteiger partial charge in [-0.25, -0.2) is 0 Å². The molecule has 0 spiro atoms. The number of hydrogen-bond donors (Lipinski definition) is 1. The van der Waals surface area contributed by atoms with Crippen molar-refractivity contribution in [2.24, 2.45) is 0 Å². The number of aliphatic hydroxyl groups is 1. The Morgan fingerprint density at radius 3 is 2.80 bits per heavy atom. The fourth-order valence-corrected chi connectivity index (χ4v) is 2.88. The molecule has 0 bridgehead atoms. The summed E-state index contributed by atoms with van der Waals surface area (Å²) in [5.74, 6) is 0. The van der Waals surface area contributed by atoms with E-state index in [1.165, 1.54) is 0 Å². The molecule has 2 aromatic carbocycles. The molecule has 1 N–H and O–H groups in total. The number of halogens is 1. The van der Waals surface area contributed by atoms with Gasteiger partial charge in [-0.05, 0) is 35.6 Å². The minimum Gasteiger partial charge on any atom is -0.384 e. The lowest BCUT2D eigenvalue weighted by molar-refractivity contribution is 0.221. The van der Waals surface area contributed by atoms with Crippen LogP contribution in [0.5, 0.6) is 0 Å². The average Bonchev–Trinajstić information content (AvgIpc) is 2.48. The van der Waals surface area contributed by atoms with Gasteiger partial charge >= 0.3 is 0 Å². The summed E-state index contributed by atoms with van der Waals surface area (Å²) in [4.78, 5) is 4.17. The average molecular weight is 328 g/mol. The van der Waals surface area contributed by atoms with E-state index in [9.17, 15) is 5.11 Å². The summed E-state index contributed by atoms with van der Waals surface area (Å²) < 4.78 is 0.913. The van der Waals surface area contributed by atoms with Crippen LogP contribution in [-0.2, 0) is 0 Å². The first-order valence-corrected chi connectivity index (χ1v) is 7.23. The van der Waals surface area contributed by atoms with E-state index in [4.69, 9.17) is 0 Å². The highest BCUT2D eigenvalue weighted by molar-refractivity contribution is 9.10. The lowest BCUT2D eigenvalue weighted by Gasteiger charge is -2.16. The van der Waals surface area contributed by atoms with Crippen LogP contribution in [-0.4, -0.2) is 10.1 Å². The monoisotopic (exact) mass is 327 g/mol. The van der Waals surface area contributed by atoms with E-state index in [0.717, 1.165) is 31.9 Å². The molecule has 1 heterocycles. The summed E-state index contributed by atoms with van der Waals surface area (Å²) in [6, 6.07) is 13.9. The Morgan fingerprint density at radius 2 is 1.95 bits per heavy atom. The standard InChI is InChI=1S/C17H14BrNO/c1-11-5-6-16(18)14(9-11)17(20)13-4-2-3-12-7-8-19-10-15(12)13/h2-10,17,20H,1H3. The first-order chi connectivity index (χ1) is 9.66. The van der Waals surface area contributed by atoms with Crippen LogP contribution in [0.25, 0.3) is 10.8 Å². The molecule has 20 heavy (non-hydrogen) atoms. The molecule has 3 rings (SSSR count). The van der Waals surface area contributed by atoms with E-state index in [2.05, 4.69) is 20.9 Å². The molecular weight excluding hydrogens is 314 g/mol. The van der Waals surface area contributed by atoms with Crippen LogP contribution in [0.4, 0.5) is 0 Å². The Hall–Kier alpha value is -1.71. The molecule has 0 aliphatic rings. The molecule has 1 aromatic heterocycles. The Morgan fingerprint density at radius 1 is 1.10 bits per heavy atom. The van der Waals surface area contributed by atoms with Crippen molar-refractivity contribution in [1.29, 1.82) is 0 Å². The van der Waals surface area contributed by atoms with Crippen LogP contribution < -0.4 is 0 Å². The second-order valence-corrected chi connectivity index (χ2v) is 5.73. The Bertz CT molecular complexity index is 765. The number of pyridine rings is 1. The highest BCUT2D eigenvalue weighted by Gasteiger charge is 2.16. The minimum atomic E-state index is -0.669. The summed E-state index contributed by atoms with van der Waals surface area (Å²) in [5, 5.41) is 12.8. The molecule has 0 fully saturated rings. The third-order valence-electron chi connectivity index (χ3n) is 3.46. The van der Waals surface area contributed by atoms with Gasteiger partial charge in [-0.15, -0.1) is 0 Å². The molecule has 3 aromatic rings. The van der Waals surface area contributed by atoms with E-state index >= 15 is 0 Å². The molecule has 0 aliphatic heterocycles.